The van der Waals surface area contributed by atoms with E-state index in [1.54, 1.807) is 43.3 Å². The number of esters is 1. The molecule has 0 saturated carbocycles. The average Bonchev–Trinajstić information content (AvgIpc) is 3.10. The third-order valence-corrected chi connectivity index (χ3v) is 3.55. The van der Waals surface area contributed by atoms with Gasteiger partial charge in [0.2, 0.25) is 5.82 Å². The monoisotopic (exact) mass is 358 g/mol. The molecule has 1 atom stereocenters. The van der Waals surface area contributed by atoms with Gasteiger partial charge in [-0.05, 0) is 43.3 Å². The number of carbonyl (C=O) groups is 1. The number of carbonyl (C=O) groups excluding carboxylic acids is 1. The molecule has 0 aliphatic heterocycles. The van der Waals surface area contributed by atoms with Gasteiger partial charge in [0.15, 0.2) is 12.7 Å². The van der Waals surface area contributed by atoms with E-state index in [9.17, 15) is 4.79 Å². The van der Waals surface area contributed by atoms with Crippen molar-refractivity contribution in [3.05, 3.63) is 65.5 Å². The van der Waals surface area contributed by atoms with Crippen LogP contribution in [0.5, 0.6) is 5.75 Å². The second-order valence-corrected chi connectivity index (χ2v) is 5.64. The molecule has 0 fully saturated rings. The fraction of sp³-hybridized carbons (Fsp3) is 0.167. The summed E-state index contributed by atoms with van der Waals surface area (Å²) in [7, 11) is 0. The molecule has 0 aliphatic rings. The van der Waals surface area contributed by atoms with Crippen LogP contribution in [0.4, 0.5) is 0 Å². The number of hydrogen-bond donors (Lipinski definition) is 0. The SMILES string of the molecule is C[C@H](Oc1ccccc1)C(=O)OCc1nc(-c2ccc(Cl)cc2)no1. The van der Waals surface area contributed by atoms with Crippen LogP contribution >= 0.6 is 11.6 Å². The van der Waals surface area contributed by atoms with Crippen LogP contribution in [0.25, 0.3) is 11.4 Å². The van der Waals surface area contributed by atoms with Gasteiger partial charge in [-0.25, -0.2) is 4.79 Å². The first-order valence-electron chi connectivity index (χ1n) is 7.58. The van der Waals surface area contributed by atoms with Gasteiger partial charge in [0.05, 0.1) is 0 Å². The summed E-state index contributed by atoms with van der Waals surface area (Å²) in [5.74, 6) is 0.673. The summed E-state index contributed by atoms with van der Waals surface area (Å²) in [4.78, 5) is 16.2. The summed E-state index contributed by atoms with van der Waals surface area (Å²) in [6.45, 7) is 1.49. The van der Waals surface area contributed by atoms with Crippen LogP contribution in [-0.2, 0) is 16.1 Å². The van der Waals surface area contributed by atoms with Gasteiger partial charge >= 0.3 is 5.97 Å². The standard InChI is InChI=1S/C18H15ClN2O4/c1-12(24-15-5-3-2-4-6-15)18(22)23-11-16-20-17(21-25-16)13-7-9-14(19)10-8-13/h2-10,12H,11H2,1H3/t12-/m0/s1. The molecule has 0 unspecified atom stereocenters. The lowest BCUT2D eigenvalue weighted by molar-refractivity contribution is -0.153. The Balaban J connectivity index is 1.54. The topological polar surface area (TPSA) is 74.5 Å². The molecule has 0 spiro atoms. The molecule has 0 saturated heterocycles. The zero-order valence-electron chi connectivity index (χ0n) is 13.4. The number of para-hydroxylation sites is 1. The van der Waals surface area contributed by atoms with Gasteiger partial charge < -0.3 is 14.0 Å². The number of nitrogens with zero attached hydrogens (tertiary/aromatic N) is 2. The smallest absolute Gasteiger partial charge is 0.347 e. The Kier molecular flexibility index (Phi) is 5.30. The molecule has 0 aliphatic carbocycles. The van der Waals surface area contributed by atoms with Crippen molar-refractivity contribution in [1.82, 2.24) is 10.1 Å². The van der Waals surface area contributed by atoms with Gasteiger partial charge in [-0.15, -0.1) is 0 Å². The van der Waals surface area contributed by atoms with Crippen LogP contribution in [-0.4, -0.2) is 22.2 Å². The Morgan fingerprint density at radius 2 is 1.88 bits per heavy atom. The molecule has 0 amide bonds. The number of halogens is 1. The van der Waals surface area contributed by atoms with Crippen molar-refractivity contribution in [3.8, 4) is 17.1 Å². The van der Waals surface area contributed by atoms with Crippen molar-refractivity contribution in [2.24, 2.45) is 0 Å². The summed E-state index contributed by atoms with van der Waals surface area (Å²) in [6.07, 6.45) is -0.749. The van der Waals surface area contributed by atoms with E-state index in [4.69, 9.17) is 25.6 Å². The zero-order chi connectivity index (χ0) is 17.6. The summed E-state index contributed by atoms with van der Waals surface area (Å²) in [5, 5.41) is 4.47. The van der Waals surface area contributed by atoms with Crippen molar-refractivity contribution >= 4 is 17.6 Å². The highest BCUT2D eigenvalue weighted by atomic mass is 35.5. The number of ether oxygens (including phenoxy) is 2. The first kappa shape index (κ1) is 17.0. The van der Waals surface area contributed by atoms with E-state index < -0.39 is 12.1 Å². The van der Waals surface area contributed by atoms with Crippen molar-refractivity contribution < 1.29 is 18.8 Å². The Hall–Kier alpha value is -2.86. The van der Waals surface area contributed by atoms with Crippen molar-refractivity contribution in [1.29, 1.82) is 0 Å². The molecule has 0 N–H and O–H groups in total. The summed E-state index contributed by atoms with van der Waals surface area (Å²) in [5.41, 5.74) is 0.756. The van der Waals surface area contributed by atoms with Gasteiger partial charge in [0, 0.05) is 10.6 Å². The Labute approximate surface area is 149 Å². The molecule has 6 nitrogen and oxygen atoms in total. The molecule has 0 bridgehead atoms. The molecule has 3 aromatic rings. The number of aromatic nitrogens is 2. The van der Waals surface area contributed by atoms with Crippen molar-refractivity contribution in [3.63, 3.8) is 0 Å². The molecular weight excluding hydrogens is 344 g/mol. The number of rotatable bonds is 6. The number of benzene rings is 2. The minimum atomic E-state index is -0.749. The normalized spacial score (nSPS) is 11.8. The minimum Gasteiger partial charge on any atom is -0.479 e. The highest BCUT2D eigenvalue weighted by molar-refractivity contribution is 6.30. The molecule has 25 heavy (non-hydrogen) atoms. The molecule has 1 heterocycles. The summed E-state index contributed by atoms with van der Waals surface area (Å²) < 4.78 is 15.7. The van der Waals surface area contributed by atoms with E-state index in [0.717, 1.165) is 5.56 Å². The third kappa shape index (κ3) is 4.58. The molecule has 3 rings (SSSR count). The van der Waals surface area contributed by atoms with Gasteiger partial charge in [-0.2, -0.15) is 4.98 Å². The fourth-order valence-corrected chi connectivity index (χ4v) is 2.16. The van der Waals surface area contributed by atoms with E-state index in [1.807, 2.05) is 18.2 Å². The summed E-state index contributed by atoms with van der Waals surface area (Å²) >= 11 is 5.84. The zero-order valence-corrected chi connectivity index (χ0v) is 14.1. The Bertz CT molecular complexity index is 834. The van der Waals surface area contributed by atoms with E-state index >= 15 is 0 Å². The third-order valence-electron chi connectivity index (χ3n) is 3.30. The highest BCUT2D eigenvalue weighted by Crippen LogP contribution is 2.19. The largest absolute Gasteiger partial charge is 0.479 e. The molecule has 2 aromatic carbocycles. The van der Waals surface area contributed by atoms with Crippen LogP contribution < -0.4 is 4.74 Å². The quantitative estimate of drug-likeness (QED) is 0.622. The second kappa shape index (κ2) is 7.81. The van der Waals surface area contributed by atoms with Crippen LogP contribution in [0.15, 0.2) is 59.1 Å². The Morgan fingerprint density at radius 3 is 2.60 bits per heavy atom. The van der Waals surface area contributed by atoms with Gasteiger partial charge in [0.25, 0.3) is 5.89 Å². The fourth-order valence-electron chi connectivity index (χ4n) is 2.03. The summed E-state index contributed by atoms with van der Waals surface area (Å²) in [6, 6.07) is 16.1. The lowest BCUT2D eigenvalue weighted by Crippen LogP contribution is -2.26. The second-order valence-electron chi connectivity index (χ2n) is 5.20. The molecule has 128 valence electrons. The average molecular weight is 359 g/mol. The van der Waals surface area contributed by atoms with Gasteiger partial charge in [-0.1, -0.05) is 35.0 Å². The minimum absolute atomic E-state index is 0.123. The van der Waals surface area contributed by atoms with Crippen LogP contribution in [0.2, 0.25) is 5.02 Å². The predicted octanol–water partition coefficient (Wildman–Crippen LogP) is 3.90. The van der Waals surface area contributed by atoms with E-state index in [0.29, 0.717) is 16.6 Å². The van der Waals surface area contributed by atoms with Crippen molar-refractivity contribution in [2.45, 2.75) is 19.6 Å². The molecule has 1 aromatic heterocycles. The van der Waals surface area contributed by atoms with Crippen LogP contribution in [0, 0.1) is 0 Å². The predicted molar refractivity (Wildman–Crippen MR) is 91.1 cm³/mol. The van der Waals surface area contributed by atoms with Crippen LogP contribution in [0.1, 0.15) is 12.8 Å². The van der Waals surface area contributed by atoms with Gasteiger partial charge in [0.1, 0.15) is 5.75 Å². The first-order valence-corrected chi connectivity index (χ1v) is 7.96. The lowest BCUT2D eigenvalue weighted by Gasteiger charge is -2.12. The maximum atomic E-state index is 12.0. The van der Waals surface area contributed by atoms with Crippen molar-refractivity contribution in [2.75, 3.05) is 0 Å². The van der Waals surface area contributed by atoms with Crippen LogP contribution in [0.3, 0.4) is 0 Å². The first-order chi connectivity index (χ1) is 12.1. The highest BCUT2D eigenvalue weighted by Gasteiger charge is 2.18. The van der Waals surface area contributed by atoms with E-state index in [-0.39, 0.29) is 12.5 Å². The maximum absolute atomic E-state index is 12.0. The molecule has 0 radical (unpaired) electrons. The molecular formula is C18H15ClN2O4. The Morgan fingerprint density at radius 1 is 1.16 bits per heavy atom. The molecule has 7 heteroatoms. The lowest BCUT2D eigenvalue weighted by atomic mass is 10.2. The van der Waals surface area contributed by atoms with E-state index in [1.165, 1.54) is 0 Å². The van der Waals surface area contributed by atoms with E-state index in [2.05, 4.69) is 10.1 Å². The number of hydrogen-bond acceptors (Lipinski definition) is 6. The van der Waals surface area contributed by atoms with Gasteiger partial charge in [-0.3, -0.25) is 0 Å². The maximum Gasteiger partial charge on any atom is 0.347 e.